The molecule has 0 aliphatic carbocycles. The fourth-order valence-corrected chi connectivity index (χ4v) is 3.39. The van der Waals surface area contributed by atoms with Crippen LogP contribution in [-0.4, -0.2) is 52.8 Å². The van der Waals surface area contributed by atoms with Crippen molar-refractivity contribution in [2.45, 2.75) is 6.04 Å². The van der Waals surface area contributed by atoms with Crippen molar-refractivity contribution in [1.82, 2.24) is 4.90 Å². The zero-order valence-corrected chi connectivity index (χ0v) is 11.4. The SMILES string of the molecule is O=C(O)C1CSCN1C(=O)c1cccc2c1OCCO2. The minimum absolute atomic E-state index is 0.329. The molecular formula is C13H13NO5S. The van der Waals surface area contributed by atoms with Gasteiger partial charge in [-0.05, 0) is 12.1 Å². The van der Waals surface area contributed by atoms with Crippen molar-refractivity contribution < 1.29 is 24.2 Å². The van der Waals surface area contributed by atoms with E-state index < -0.39 is 12.0 Å². The van der Waals surface area contributed by atoms with E-state index in [1.807, 2.05) is 0 Å². The lowest BCUT2D eigenvalue weighted by atomic mass is 10.1. The van der Waals surface area contributed by atoms with Gasteiger partial charge in [0.25, 0.3) is 5.91 Å². The fraction of sp³-hybridized carbons (Fsp3) is 0.385. The molecule has 106 valence electrons. The maximum Gasteiger partial charge on any atom is 0.327 e. The predicted molar refractivity (Wildman–Crippen MR) is 72.4 cm³/mol. The summed E-state index contributed by atoms with van der Waals surface area (Å²) < 4.78 is 10.9. The van der Waals surface area contributed by atoms with Crippen molar-refractivity contribution in [3.05, 3.63) is 23.8 Å². The Morgan fingerprint density at radius 2 is 2.10 bits per heavy atom. The van der Waals surface area contributed by atoms with Crippen LogP contribution in [0.2, 0.25) is 0 Å². The molecule has 0 bridgehead atoms. The number of aliphatic carboxylic acids is 1. The first-order valence-corrected chi connectivity index (χ1v) is 7.34. The topological polar surface area (TPSA) is 76.1 Å². The van der Waals surface area contributed by atoms with Crippen molar-refractivity contribution in [3.63, 3.8) is 0 Å². The van der Waals surface area contributed by atoms with Gasteiger partial charge in [-0.25, -0.2) is 4.79 Å². The van der Waals surface area contributed by atoms with Gasteiger partial charge in [-0.2, -0.15) is 0 Å². The molecule has 1 atom stereocenters. The van der Waals surface area contributed by atoms with Gasteiger partial charge in [0, 0.05) is 5.75 Å². The van der Waals surface area contributed by atoms with Gasteiger partial charge in [0.15, 0.2) is 11.5 Å². The molecule has 1 unspecified atom stereocenters. The Hall–Kier alpha value is -1.89. The summed E-state index contributed by atoms with van der Waals surface area (Å²) in [4.78, 5) is 25.1. The van der Waals surface area contributed by atoms with Crippen molar-refractivity contribution in [1.29, 1.82) is 0 Å². The smallest absolute Gasteiger partial charge is 0.327 e. The van der Waals surface area contributed by atoms with Gasteiger partial charge in [0.05, 0.1) is 11.4 Å². The maximum absolute atomic E-state index is 12.5. The zero-order chi connectivity index (χ0) is 14.1. The minimum Gasteiger partial charge on any atom is -0.486 e. The Morgan fingerprint density at radius 3 is 2.90 bits per heavy atom. The van der Waals surface area contributed by atoms with E-state index in [-0.39, 0.29) is 5.91 Å². The summed E-state index contributed by atoms with van der Waals surface area (Å²) in [5, 5.41) is 9.15. The lowest BCUT2D eigenvalue weighted by Gasteiger charge is -2.24. The molecule has 0 saturated carbocycles. The van der Waals surface area contributed by atoms with Gasteiger partial charge in [-0.15, -0.1) is 11.8 Å². The molecule has 6 nitrogen and oxygen atoms in total. The molecule has 0 radical (unpaired) electrons. The number of para-hydroxylation sites is 1. The molecule has 3 rings (SSSR count). The summed E-state index contributed by atoms with van der Waals surface area (Å²) in [6, 6.07) is 4.30. The highest BCUT2D eigenvalue weighted by atomic mass is 32.2. The molecule has 2 aliphatic rings. The number of thioether (sulfide) groups is 1. The van der Waals surface area contributed by atoms with E-state index in [2.05, 4.69) is 0 Å². The molecule has 1 aromatic carbocycles. The molecule has 1 N–H and O–H groups in total. The lowest BCUT2D eigenvalue weighted by Crippen LogP contribution is -2.42. The second-order valence-corrected chi connectivity index (χ2v) is 5.46. The highest BCUT2D eigenvalue weighted by molar-refractivity contribution is 7.99. The Balaban J connectivity index is 1.93. The molecule has 2 aliphatic heterocycles. The normalized spacial score (nSPS) is 20.8. The van der Waals surface area contributed by atoms with E-state index in [0.717, 1.165) is 0 Å². The highest BCUT2D eigenvalue weighted by Gasteiger charge is 2.36. The number of carbonyl (C=O) groups is 2. The molecule has 7 heteroatoms. The van der Waals surface area contributed by atoms with E-state index in [1.54, 1.807) is 18.2 Å². The van der Waals surface area contributed by atoms with Crippen LogP contribution in [0.3, 0.4) is 0 Å². The largest absolute Gasteiger partial charge is 0.486 e. The average molecular weight is 295 g/mol. The molecule has 1 amide bonds. The summed E-state index contributed by atoms with van der Waals surface area (Å²) in [5.41, 5.74) is 0.357. The third-order valence-electron chi connectivity index (χ3n) is 3.22. The van der Waals surface area contributed by atoms with Crippen molar-refractivity contribution in [2.24, 2.45) is 0 Å². The second-order valence-electron chi connectivity index (χ2n) is 4.46. The van der Waals surface area contributed by atoms with Crippen molar-refractivity contribution in [2.75, 3.05) is 24.8 Å². The first-order chi connectivity index (χ1) is 9.68. The Labute approximate surface area is 119 Å². The second kappa shape index (κ2) is 5.24. The number of carboxylic acids is 1. The molecule has 2 heterocycles. The number of hydrogen-bond donors (Lipinski definition) is 1. The van der Waals surface area contributed by atoms with E-state index >= 15 is 0 Å². The Bertz CT molecular complexity index is 562. The van der Waals surface area contributed by atoms with Gasteiger partial charge in [-0.3, -0.25) is 4.79 Å². The van der Waals surface area contributed by atoms with Crippen LogP contribution in [-0.2, 0) is 4.79 Å². The van der Waals surface area contributed by atoms with Crippen LogP contribution in [0, 0.1) is 0 Å². The number of carbonyl (C=O) groups excluding carboxylic acids is 1. The van der Waals surface area contributed by atoms with Gasteiger partial charge in [0.1, 0.15) is 19.3 Å². The molecule has 0 aromatic heterocycles. The molecule has 0 spiro atoms. The number of hydrogen-bond acceptors (Lipinski definition) is 5. The molecule has 20 heavy (non-hydrogen) atoms. The minimum atomic E-state index is -0.981. The summed E-state index contributed by atoms with van der Waals surface area (Å²) in [6.45, 7) is 0.830. The van der Waals surface area contributed by atoms with Crippen LogP contribution in [0.1, 0.15) is 10.4 Å². The van der Waals surface area contributed by atoms with E-state index in [4.69, 9.17) is 14.6 Å². The number of benzene rings is 1. The monoisotopic (exact) mass is 295 g/mol. The quantitative estimate of drug-likeness (QED) is 0.879. The molecule has 1 fully saturated rings. The van der Waals surface area contributed by atoms with Crippen LogP contribution in [0.25, 0.3) is 0 Å². The third kappa shape index (κ3) is 2.18. The first-order valence-electron chi connectivity index (χ1n) is 6.18. The van der Waals surface area contributed by atoms with Crippen LogP contribution < -0.4 is 9.47 Å². The molecular weight excluding hydrogens is 282 g/mol. The summed E-state index contributed by atoms with van der Waals surface area (Å²) >= 11 is 1.43. The van der Waals surface area contributed by atoms with Gasteiger partial charge in [-0.1, -0.05) is 6.07 Å². The maximum atomic E-state index is 12.5. The van der Waals surface area contributed by atoms with Crippen molar-refractivity contribution in [3.8, 4) is 11.5 Å². The number of fused-ring (bicyclic) bond motifs is 1. The summed E-state index contributed by atoms with van der Waals surface area (Å²) in [5.74, 6) is 0.411. The van der Waals surface area contributed by atoms with E-state index in [1.165, 1.54) is 16.7 Å². The molecule has 1 aromatic rings. The standard InChI is InChI=1S/C13H13NO5S/c15-12(14-7-20-6-9(14)13(16)17)8-2-1-3-10-11(8)19-5-4-18-10/h1-3,9H,4-7H2,(H,16,17). The van der Waals surface area contributed by atoms with E-state index in [9.17, 15) is 9.59 Å². The number of carboxylic acid groups (broad SMARTS) is 1. The number of nitrogens with zero attached hydrogens (tertiary/aromatic N) is 1. The van der Waals surface area contributed by atoms with Gasteiger partial charge >= 0.3 is 5.97 Å². The molecule has 1 saturated heterocycles. The summed E-state index contributed by atoms with van der Waals surface area (Å²) in [6.07, 6.45) is 0. The van der Waals surface area contributed by atoms with Crippen LogP contribution >= 0.6 is 11.8 Å². The number of amides is 1. The van der Waals surface area contributed by atoms with Crippen LogP contribution in [0.5, 0.6) is 11.5 Å². The number of ether oxygens (including phenoxy) is 2. The highest BCUT2D eigenvalue weighted by Crippen LogP contribution is 2.35. The third-order valence-corrected chi connectivity index (χ3v) is 4.24. The number of rotatable bonds is 2. The van der Waals surface area contributed by atoms with Crippen molar-refractivity contribution >= 4 is 23.6 Å². The van der Waals surface area contributed by atoms with E-state index in [0.29, 0.717) is 41.9 Å². The van der Waals surface area contributed by atoms with Crippen LogP contribution in [0.15, 0.2) is 18.2 Å². The Kier molecular flexibility index (Phi) is 3.43. The predicted octanol–water partition coefficient (Wildman–Crippen LogP) is 1.06. The first kappa shape index (κ1) is 13.1. The summed E-state index contributed by atoms with van der Waals surface area (Å²) in [7, 11) is 0. The fourth-order valence-electron chi connectivity index (χ4n) is 2.24. The van der Waals surface area contributed by atoms with Gasteiger partial charge < -0.3 is 19.5 Å². The zero-order valence-electron chi connectivity index (χ0n) is 10.6. The Morgan fingerprint density at radius 1 is 1.30 bits per heavy atom. The van der Waals surface area contributed by atoms with Gasteiger partial charge in [0.2, 0.25) is 0 Å². The van der Waals surface area contributed by atoms with Crippen LogP contribution in [0.4, 0.5) is 0 Å². The average Bonchev–Trinajstić information content (AvgIpc) is 2.95. The lowest BCUT2D eigenvalue weighted by molar-refractivity contribution is -0.140.